The highest BCUT2D eigenvalue weighted by atomic mass is 32.1. The van der Waals surface area contributed by atoms with E-state index in [9.17, 15) is 9.59 Å². The van der Waals surface area contributed by atoms with Crippen LogP contribution in [0.2, 0.25) is 0 Å². The maximum Gasteiger partial charge on any atom is 0.261 e. The van der Waals surface area contributed by atoms with Crippen LogP contribution in [0.5, 0.6) is 0 Å². The summed E-state index contributed by atoms with van der Waals surface area (Å²) in [6.45, 7) is 6.62. The van der Waals surface area contributed by atoms with Gasteiger partial charge in [-0.25, -0.2) is 0 Å². The number of hydrogen-bond acceptors (Lipinski definition) is 3. The monoisotopic (exact) mass is 263 g/mol. The minimum atomic E-state index is -0.204. The molecule has 96 valence electrons. The van der Waals surface area contributed by atoms with Crippen molar-refractivity contribution in [3.8, 4) is 0 Å². The van der Waals surface area contributed by atoms with Crippen molar-refractivity contribution >= 4 is 24.4 Å². The van der Waals surface area contributed by atoms with E-state index in [1.165, 1.54) is 4.90 Å². The number of hydrogen-bond donors (Lipinski definition) is 1. The molecular weight excluding hydrogens is 246 g/mol. The first-order chi connectivity index (χ1) is 8.36. The van der Waals surface area contributed by atoms with Crippen molar-refractivity contribution in [2.45, 2.75) is 26.2 Å². The fraction of sp³-hybridized carbons (Fsp3) is 0.429. The van der Waals surface area contributed by atoms with Gasteiger partial charge in [0.05, 0.1) is 11.1 Å². The molecule has 0 aromatic heterocycles. The van der Waals surface area contributed by atoms with Gasteiger partial charge in [-0.15, -0.1) is 0 Å². The summed E-state index contributed by atoms with van der Waals surface area (Å²) in [6.07, 6.45) is 0. The lowest BCUT2D eigenvalue weighted by Gasteiger charge is -2.19. The van der Waals surface area contributed by atoms with Gasteiger partial charge in [0.15, 0.2) is 0 Å². The minimum Gasteiger partial charge on any atom is -0.274 e. The molecule has 0 aliphatic carbocycles. The Labute approximate surface area is 113 Å². The smallest absolute Gasteiger partial charge is 0.261 e. The molecule has 0 saturated carbocycles. The fourth-order valence-electron chi connectivity index (χ4n) is 2.06. The third kappa shape index (κ3) is 2.05. The summed E-state index contributed by atoms with van der Waals surface area (Å²) in [5.41, 5.74) is 2.06. The van der Waals surface area contributed by atoms with E-state index in [1.807, 2.05) is 12.1 Å². The summed E-state index contributed by atoms with van der Waals surface area (Å²) in [7, 11) is 0. The topological polar surface area (TPSA) is 37.4 Å². The van der Waals surface area contributed by atoms with E-state index < -0.39 is 0 Å². The molecule has 1 heterocycles. The van der Waals surface area contributed by atoms with Gasteiger partial charge in [0, 0.05) is 12.3 Å². The van der Waals surface area contributed by atoms with Crippen molar-refractivity contribution in [1.29, 1.82) is 0 Å². The van der Waals surface area contributed by atoms with Gasteiger partial charge in [-0.3, -0.25) is 14.5 Å². The van der Waals surface area contributed by atoms with Gasteiger partial charge in [0.2, 0.25) is 0 Å². The van der Waals surface area contributed by atoms with Gasteiger partial charge in [-0.2, -0.15) is 12.6 Å². The minimum absolute atomic E-state index is 0.0324. The van der Waals surface area contributed by atoms with Crippen LogP contribution < -0.4 is 0 Å². The molecule has 1 aliphatic heterocycles. The number of thiol groups is 1. The largest absolute Gasteiger partial charge is 0.274 e. The summed E-state index contributed by atoms with van der Waals surface area (Å²) in [5, 5.41) is 0. The molecule has 0 N–H and O–H groups in total. The number of fused-ring (bicyclic) bond motifs is 1. The molecule has 3 nitrogen and oxygen atoms in total. The second-order valence-electron chi connectivity index (χ2n) is 5.50. The van der Waals surface area contributed by atoms with E-state index >= 15 is 0 Å². The lowest BCUT2D eigenvalue weighted by molar-refractivity contribution is 0.0664. The van der Waals surface area contributed by atoms with Gasteiger partial charge in [-0.1, -0.05) is 26.8 Å². The number of rotatable bonds is 2. The van der Waals surface area contributed by atoms with Crippen LogP contribution in [0.1, 0.15) is 47.1 Å². The molecule has 4 heteroatoms. The first-order valence-electron chi connectivity index (χ1n) is 5.98. The Bertz CT molecular complexity index is 517. The Morgan fingerprint density at radius 1 is 1.11 bits per heavy atom. The van der Waals surface area contributed by atoms with E-state index in [1.54, 1.807) is 6.07 Å². The fourth-order valence-corrected chi connectivity index (χ4v) is 2.26. The Kier molecular flexibility index (Phi) is 3.23. The highest BCUT2D eigenvalue weighted by Crippen LogP contribution is 2.29. The number of amides is 2. The van der Waals surface area contributed by atoms with Crippen molar-refractivity contribution in [2.24, 2.45) is 0 Å². The first kappa shape index (κ1) is 13.1. The quantitative estimate of drug-likeness (QED) is 0.657. The van der Waals surface area contributed by atoms with E-state index in [-0.39, 0.29) is 17.2 Å². The first-order valence-corrected chi connectivity index (χ1v) is 6.61. The molecular formula is C14H17NO2S. The van der Waals surface area contributed by atoms with Gasteiger partial charge in [-0.05, 0) is 23.1 Å². The zero-order valence-corrected chi connectivity index (χ0v) is 11.8. The molecule has 1 aromatic rings. The summed E-state index contributed by atoms with van der Waals surface area (Å²) in [6, 6.07) is 5.52. The Balaban J connectivity index is 2.46. The van der Waals surface area contributed by atoms with E-state index in [0.717, 1.165) is 5.56 Å². The van der Waals surface area contributed by atoms with Crippen LogP contribution in [-0.2, 0) is 5.41 Å². The average Bonchev–Trinajstić information content (AvgIpc) is 2.53. The standard InChI is InChI=1S/C14H17NO2S/c1-14(2,3)9-4-5-10-11(8-9)13(17)15(6-7-18)12(10)16/h4-5,8,18H,6-7H2,1-3H3. The molecule has 18 heavy (non-hydrogen) atoms. The van der Waals surface area contributed by atoms with Gasteiger partial charge in [0.25, 0.3) is 11.8 Å². The van der Waals surface area contributed by atoms with Crippen molar-refractivity contribution < 1.29 is 9.59 Å². The number of benzene rings is 1. The Morgan fingerprint density at radius 2 is 1.72 bits per heavy atom. The van der Waals surface area contributed by atoms with Crippen molar-refractivity contribution in [3.05, 3.63) is 34.9 Å². The maximum absolute atomic E-state index is 12.1. The Morgan fingerprint density at radius 3 is 2.28 bits per heavy atom. The molecule has 1 aliphatic rings. The molecule has 2 amide bonds. The third-order valence-electron chi connectivity index (χ3n) is 3.16. The maximum atomic E-state index is 12.1. The molecule has 0 atom stereocenters. The van der Waals surface area contributed by atoms with E-state index in [4.69, 9.17) is 0 Å². The van der Waals surface area contributed by atoms with Crippen LogP contribution in [0.3, 0.4) is 0 Å². The number of nitrogens with zero attached hydrogens (tertiary/aromatic N) is 1. The molecule has 0 spiro atoms. The zero-order valence-electron chi connectivity index (χ0n) is 10.9. The van der Waals surface area contributed by atoms with Crippen LogP contribution in [0.4, 0.5) is 0 Å². The normalized spacial score (nSPS) is 15.2. The van der Waals surface area contributed by atoms with Crippen LogP contribution >= 0.6 is 12.6 Å². The molecule has 0 bridgehead atoms. The second-order valence-corrected chi connectivity index (χ2v) is 5.94. The molecule has 0 radical (unpaired) electrons. The predicted molar refractivity (Wildman–Crippen MR) is 74.4 cm³/mol. The zero-order chi connectivity index (χ0) is 13.5. The van der Waals surface area contributed by atoms with Gasteiger partial charge < -0.3 is 0 Å². The van der Waals surface area contributed by atoms with Crippen LogP contribution in [-0.4, -0.2) is 29.0 Å². The van der Waals surface area contributed by atoms with Crippen LogP contribution in [0, 0.1) is 0 Å². The summed E-state index contributed by atoms with van der Waals surface area (Å²) < 4.78 is 0. The average molecular weight is 263 g/mol. The summed E-state index contributed by atoms with van der Waals surface area (Å²) in [5.74, 6) is 0.0806. The summed E-state index contributed by atoms with van der Waals surface area (Å²) in [4.78, 5) is 25.4. The highest BCUT2D eigenvalue weighted by molar-refractivity contribution is 7.80. The van der Waals surface area contributed by atoms with Gasteiger partial charge in [0.1, 0.15) is 0 Å². The number of imide groups is 1. The second kappa shape index (κ2) is 4.43. The predicted octanol–water partition coefficient (Wildman–Crippen LogP) is 2.51. The SMILES string of the molecule is CC(C)(C)c1ccc2c(c1)C(=O)N(CCS)C2=O. The summed E-state index contributed by atoms with van der Waals surface area (Å²) >= 11 is 4.08. The van der Waals surface area contributed by atoms with Crippen molar-refractivity contribution in [3.63, 3.8) is 0 Å². The molecule has 2 rings (SSSR count). The lowest BCUT2D eigenvalue weighted by Crippen LogP contribution is -2.31. The lowest BCUT2D eigenvalue weighted by atomic mass is 9.85. The van der Waals surface area contributed by atoms with Crippen molar-refractivity contribution in [1.82, 2.24) is 4.90 Å². The molecule has 0 saturated heterocycles. The highest BCUT2D eigenvalue weighted by Gasteiger charge is 2.35. The van der Waals surface area contributed by atoms with Gasteiger partial charge >= 0.3 is 0 Å². The van der Waals surface area contributed by atoms with Crippen molar-refractivity contribution in [2.75, 3.05) is 12.3 Å². The molecule has 0 fully saturated rings. The Hall–Kier alpha value is -1.29. The van der Waals surface area contributed by atoms with E-state index in [2.05, 4.69) is 33.4 Å². The van der Waals surface area contributed by atoms with Crippen LogP contribution in [0.25, 0.3) is 0 Å². The molecule has 0 unspecified atom stereocenters. The van der Waals surface area contributed by atoms with E-state index in [0.29, 0.717) is 23.4 Å². The number of carbonyl (C=O) groups excluding carboxylic acids is 2. The molecule has 1 aromatic carbocycles. The number of carbonyl (C=O) groups is 2. The van der Waals surface area contributed by atoms with Crippen LogP contribution in [0.15, 0.2) is 18.2 Å². The third-order valence-corrected chi connectivity index (χ3v) is 3.36.